The second kappa shape index (κ2) is 3.37. The fraction of sp³-hybridized carbons (Fsp3) is 0.111. The minimum absolute atomic E-state index is 0.170. The van der Waals surface area contributed by atoms with Gasteiger partial charge >= 0.3 is 0 Å². The van der Waals surface area contributed by atoms with Crippen molar-refractivity contribution in [3.63, 3.8) is 0 Å². The van der Waals surface area contributed by atoms with E-state index in [9.17, 15) is 0 Å². The Morgan fingerprint density at radius 1 is 1.31 bits per heavy atom. The van der Waals surface area contributed by atoms with Gasteiger partial charge in [-0.2, -0.15) is 0 Å². The monoisotopic (exact) mass is 174 g/mol. The maximum atomic E-state index is 5.95. The molecule has 0 bridgehead atoms. The summed E-state index contributed by atoms with van der Waals surface area (Å²) >= 11 is 0. The average molecular weight is 174 g/mol. The van der Waals surface area contributed by atoms with Crippen LogP contribution in [0.15, 0.2) is 37.1 Å². The van der Waals surface area contributed by atoms with E-state index in [0.717, 1.165) is 11.3 Å². The molecule has 13 heavy (non-hydrogen) atoms. The molecule has 2 aromatic rings. The van der Waals surface area contributed by atoms with Crippen LogP contribution < -0.4 is 5.73 Å². The van der Waals surface area contributed by atoms with Gasteiger partial charge < -0.3 is 10.7 Å². The van der Waals surface area contributed by atoms with Gasteiger partial charge in [-0.3, -0.25) is 0 Å². The first kappa shape index (κ1) is 7.94. The van der Waals surface area contributed by atoms with E-state index in [0.29, 0.717) is 0 Å². The Hall–Kier alpha value is -1.68. The molecule has 0 radical (unpaired) electrons. The van der Waals surface area contributed by atoms with Crippen LogP contribution in [0, 0.1) is 0 Å². The largest absolute Gasteiger partial charge is 0.363 e. The Bertz CT molecular complexity index is 354. The lowest BCUT2D eigenvalue weighted by atomic mass is 10.1. The molecular weight excluding hydrogens is 164 g/mol. The number of nitrogens with one attached hydrogen (secondary N) is 1. The second-order valence-corrected chi connectivity index (χ2v) is 2.77. The molecule has 4 heteroatoms. The Morgan fingerprint density at radius 2 is 2.08 bits per heavy atom. The lowest BCUT2D eigenvalue weighted by molar-refractivity contribution is 0.822. The standard InChI is InChI=1S/C9H10N4/c10-9(8-2-1-3-13-8)7-4-11-6-12-5-7/h1-6,9,13H,10H2. The predicted molar refractivity (Wildman–Crippen MR) is 48.9 cm³/mol. The molecule has 0 saturated heterocycles. The first-order valence-corrected chi connectivity index (χ1v) is 4.01. The number of rotatable bonds is 2. The molecule has 3 N–H and O–H groups in total. The van der Waals surface area contributed by atoms with E-state index >= 15 is 0 Å². The Morgan fingerprint density at radius 3 is 2.69 bits per heavy atom. The second-order valence-electron chi connectivity index (χ2n) is 2.77. The minimum Gasteiger partial charge on any atom is -0.363 e. The van der Waals surface area contributed by atoms with E-state index in [1.165, 1.54) is 6.33 Å². The maximum absolute atomic E-state index is 5.95. The third kappa shape index (κ3) is 1.57. The highest BCUT2D eigenvalue weighted by atomic mass is 14.8. The van der Waals surface area contributed by atoms with Crippen LogP contribution in [0.2, 0.25) is 0 Å². The zero-order valence-corrected chi connectivity index (χ0v) is 7.01. The third-order valence-electron chi connectivity index (χ3n) is 1.90. The van der Waals surface area contributed by atoms with Gasteiger partial charge in [0, 0.05) is 29.8 Å². The molecule has 0 aliphatic rings. The fourth-order valence-electron chi connectivity index (χ4n) is 1.19. The Labute approximate surface area is 75.8 Å². The van der Waals surface area contributed by atoms with E-state index in [1.54, 1.807) is 12.4 Å². The van der Waals surface area contributed by atoms with E-state index in [-0.39, 0.29) is 6.04 Å². The molecular formula is C9H10N4. The van der Waals surface area contributed by atoms with Crippen molar-refractivity contribution >= 4 is 0 Å². The molecule has 0 amide bonds. The van der Waals surface area contributed by atoms with E-state index in [2.05, 4.69) is 15.0 Å². The summed E-state index contributed by atoms with van der Waals surface area (Å²) in [6, 6.07) is 3.69. The molecule has 2 aromatic heterocycles. The van der Waals surface area contributed by atoms with Gasteiger partial charge in [-0.05, 0) is 12.1 Å². The quantitative estimate of drug-likeness (QED) is 0.709. The Balaban J connectivity index is 2.29. The molecule has 4 nitrogen and oxygen atoms in total. The molecule has 2 rings (SSSR count). The number of hydrogen-bond acceptors (Lipinski definition) is 3. The van der Waals surface area contributed by atoms with Gasteiger partial charge in [0.15, 0.2) is 0 Å². The number of nitrogens with two attached hydrogens (primary N) is 1. The van der Waals surface area contributed by atoms with E-state index in [4.69, 9.17) is 5.73 Å². The molecule has 0 fully saturated rings. The van der Waals surface area contributed by atoms with Crippen molar-refractivity contribution in [2.24, 2.45) is 5.73 Å². The third-order valence-corrected chi connectivity index (χ3v) is 1.90. The fourth-order valence-corrected chi connectivity index (χ4v) is 1.19. The normalized spacial score (nSPS) is 12.7. The van der Waals surface area contributed by atoms with Crippen molar-refractivity contribution in [2.45, 2.75) is 6.04 Å². The summed E-state index contributed by atoms with van der Waals surface area (Å²) in [7, 11) is 0. The molecule has 0 spiro atoms. The topological polar surface area (TPSA) is 67.6 Å². The van der Waals surface area contributed by atoms with Crippen molar-refractivity contribution in [3.05, 3.63) is 48.3 Å². The van der Waals surface area contributed by atoms with Gasteiger partial charge in [0.2, 0.25) is 0 Å². The summed E-state index contributed by atoms with van der Waals surface area (Å²) < 4.78 is 0. The average Bonchev–Trinajstić information content (AvgIpc) is 2.71. The predicted octanol–water partition coefficient (Wildman–Crippen LogP) is 0.853. The number of hydrogen-bond donors (Lipinski definition) is 2. The molecule has 0 aromatic carbocycles. The first-order valence-electron chi connectivity index (χ1n) is 4.01. The van der Waals surface area contributed by atoms with Crippen LogP contribution in [-0.4, -0.2) is 15.0 Å². The van der Waals surface area contributed by atoms with E-state index in [1.807, 2.05) is 18.3 Å². The van der Waals surface area contributed by atoms with Gasteiger partial charge in [0.1, 0.15) is 6.33 Å². The highest BCUT2D eigenvalue weighted by Gasteiger charge is 2.08. The molecule has 1 unspecified atom stereocenters. The van der Waals surface area contributed by atoms with Crippen LogP contribution in [-0.2, 0) is 0 Å². The van der Waals surface area contributed by atoms with Crippen molar-refractivity contribution in [2.75, 3.05) is 0 Å². The SMILES string of the molecule is NC(c1cncnc1)c1ccc[nH]1. The summed E-state index contributed by atoms with van der Waals surface area (Å²) in [5.74, 6) is 0. The highest BCUT2D eigenvalue weighted by molar-refractivity contribution is 5.22. The molecule has 1 atom stereocenters. The molecule has 66 valence electrons. The zero-order valence-electron chi connectivity index (χ0n) is 7.01. The van der Waals surface area contributed by atoms with Crippen molar-refractivity contribution in [1.82, 2.24) is 15.0 Å². The summed E-state index contributed by atoms with van der Waals surface area (Å²) in [5.41, 5.74) is 7.82. The van der Waals surface area contributed by atoms with Crippen LogP contribution in [0.5, 0.6) is 0 Å². The lowest BCUT2D eigenvalue weighted by Gasteiger charge is -2.08. The lowest BCUT2D eigenvalue weighted by Crippen LogP contribution is -2.12. The van der Waals surface area contributed by atoms with Crippen LogP contribution in [0.3, 0.4) is 0 Å². The summed E-state index contributed by atoms with van der Waals surface area (Å²) in [6.07, 6.45) is 6.78. The van der Waals surface area contributed by atoms with Crippen LogP contribution >= 0.6 is 0 Å². The zero-order chi connectivity index (χ0) is 9.10. The number of nitrogens with zero attached hydrogens (tertiary/aromatic N) is 2. The van der Waals surface area contributed by atoms with Gasteiger partial charge in [-0.25, -0.2) is 9.97 Å². The van der Waals surface area contributed by atoms with E-state index < -0.39 is 0 Å². The molecule has 0 saturated carbocycles. The summed E-state index contributed by atoms with van der Waals surface area (Å²) in [5, 5.41) is 0. The van der Waals surface area contributed by atoms with Crippen molar-refractivity contribution in [3.8, 4) is 0 Å². The molecule has 0 aliphatic carbocycles. The summed E-state index contributed by atoms with van der Waals surface area (Å²) in [4.78, 5) is 10.9. The van der Waals surface area contributed by atoms with Gasteiger partial charge in [0.25, 0.3) is 0 Å². The smallest absolute Gasteiger partial charge is 0.115 e. The summed E-state index contributed by atoms with van der Waals surface area (Å²) in [6.45, 7) is 0. The van der Waals surface area contributed by atoms with Crippen LogP contribution in [0.4, 0.5) is 0 Å². The van der Waals surface area contributed by atoms with Crippen LogP contribution in [0.25, 0.3) is 0 Å². The van der Waals surface area contributed by atoms with Crippen molar-refractivity contribution in [1.29, 1.82) is 0 Å². The van der Waals surface area contributed by atoms with Gasteiger partial charge in [-0.15, -0.1) is 0 Å². The Kier molecular flexibility index (Phi) is 2.06. The number of aromatic amines is 1. The van der Waals surface area contributed by atoms with Crippen LogP contribution in [0.1, 0.15) is 17.3 Å². The highest BCUT2D eigenvalue weighted by Crippen LogP contribution is 2.14. The number of H-pyrrole nitrogens is 1. The van der Waals surface area contributed by atoms with Gasteiger partial charge in [0.05, 0.1) is 6.04 Å². The van der Waals surface area contributed by atoms with Crippen molar-refractivity contribution < 1.29 is 0 Å². The number of aromatic nitrogens is 3. The molecule has 0 aliphatic heterocycles. The molecule has 2 heterocycles. The first-order chi connectivity index (χ1) is 6.38. The maximum Gasteiger partial charge on any atom is 0.115 e. The van der Waals surface area contributed by atoms with Gasteiger partial charge in [-0.1, -0.05) is 0 Å². The minimum atomic E-state index is -0.170.